The number of hydrogen-bond acceptors (Lipinski definition) is 3. The Balaban J connectivity index is 1.77. The van der Waals surface area contributed by atoms with Gasteiger partial charge >= 0.3 is 0 Å². The van der Waals surface area contributed by atoms with Gasteiger partial charge in [-0.2, -0.15) is 0 Å². The van der Waals surface area contributed by atoms with E-state index in [1.54, 1.807) is 24.3 Å². The van der Waals surface area contributed by atoms with E-state index in [4.69, 9.17) is 4.42 Å². The molecule has 0 radical (unpaired) electrons. The quantitative estimate of drug-likeness (QED) is 0.602. The molecule has 2 aromatic carbocycles. The number of carbonyl (C=O) groups is 2. The Hall–Kier alpha value is -3.34. The Labute approximate surface area is 164 Å². The van der Waals surface area contributed by atoms with Gasteiger partial charge in [0.25, 0.3) is 11.8 Å². The first-order chi connectivity index (χ1) is 13.6. The lowest BCUT2D eigenvalue weighted by atomic mass is 10.0. The fourth-order valence-electron chi connectivity index (χ4n) is 3.03. The summed E-state index contributed by atoms with van der Waals surface area (Å²) in [5, 5.41) is 5.91. The smallest absolute Gasteiger partial charge is 0.291 e. The van der Waals surface area contributed by atoms with Crippen LogP contribution in [0.2, 0.25) is 0 Å². The fraction of sp³-hybridized carbons (Fsp3) is 0.217. The molecule has 3 rings (SSSR count). The highest BCUT2D eigenvalue weighted by atomic mass is 16.3. The average molecular weight is 376 g/mol. The topological polar surface area (TPSA) is 71.3 Å². The molecule has 3 aromatic rings. The van der Waals surface area contributed by atoms with Crippen LogP contribution in [0.5, 0.6) is 0 Å². The van der Waals surface area contributed by atoms with Crippen LogP contribution in [0.1, 0.15) is 57.8 Å². The summed E-state index contributed by atoms with van der Waals surface area (Å²) in [6.07, 6.45) is 3.25. The first-order valence-electron chi connectivity index (χ1n) is 9.39. The summed E-state index contributed by atoms with van der Waals surface area (Å²) in [5.74, 6) is -0.295. The van der Waals surface area contributed by atoms with Crippen molar-refractivity contribution >= 4 is 17.5 Å². The number of nitrogens with one attached hydrogen (secondary N) is 2. The standard InChI is InChI=1S/C23H24N2O3/c1-3-8-19(17-9-5-4-6-10-17)24-22(26)18-13-12-16(2)20(15-18)25-23(27)21-11-7-14-28-21/h4-7,9-15,19H,3,8H2,1-2H3,(H,24,26)(H,25,27). The van der Waals surface area contributed by atoms with Crippen LogP contribution in [-0.2, 0) is 0 Å². The summed E-state index contributed by atoms with van der Waals surface area (Å²) in [7, 11) is 0. The van der Waals surface area contributed by atoms with Gasteiger partial charge in [0.15, 0.2) is 5.76 Å². The maximum Gasteiger partial charge on any atom is 0.291 e. The number of aryl methyl sites for hydroxylation is 1. The predicted molar refractivity (Wildman–Crippen MR) is 109 cm³/mol. The average Bonchev–Trinajstić information content (AvgIpc) is 3.25. The molecule has 2 N–H and O–H groups in total. The van der Waals surface area contributed by atoms with E-state index in [1.165, 1.54) is 6.26 Å². The van der Waals surface area contributed by atoms with E-state index in [2.05, 4.69) is 17.6 Å². The van der Waals surface area contributed by atoms with Gasteiger partial charge in [0.2, 0.25) is 0 Å². The van der Waals surface area contributed by atoms with Crippen molar-refractivity contribution < 1.29 is 14.0 Å². The second-order valence-electron chi connectivity index (χ2n) is 6.69. The molecule has 0 aliphatic heterocycles. The van der Waals surface area contributed by atoms with E-state index in [9.17, 15) is 9.59 Å². The van der Waals surface area contributed by atoms with Gasteiger partial charge in [0.05, 0.1) is 12.3 Å². The van der Waals surface area contributed by atoms with Gasteiger partial charge in [-0.15, -0.1) is 0 Å². The minimum Gasteiger partial charge on any atom is -0.459 e. The van der Waals surface area contributed by atoms with Crippen molar-refractivity contribution in [2.75, 3.05) is 5.32 Å². The zero-order valence-corrected chi connectivity index (χ0v) is 16.1. The van der Waals surface area contributed by atoms with Crippen LogP contribution < -0.4 is 10.6 Å². The van der Waals surface area contributed by atoms with Crippen LogP contribution in [0.25, 0.3) is 0 Å². The Morgan fingerprint density at radius 2 is 1.79 bits per heavy atom. The highest BCUT2D eigenvalue weighted by Crippen LogP contribution is 2.21. The molecule has 0 spiro atoms. The van der Waals surface area contributed by atoms with E-state index in [-0.39, 0.29) is 23.6 Å². The van der Waals surface area contributed by atoms with Crippen molar-refractivity contribution in [3.63, 3.8) is 0 Å². The van der Waals surface area contributed by atoms with Crippen LogP contribution in [0.4, 0.5) is 5.69 Å². The molecule has 5 nitrogen and oxygen atoms in total. The van der Waals surface area contributed by atoms with Crippen LogP contribution in [0.3, 0.4) is 0 Å². The molecule has 0 saturated carbocycles. The molecule has 1 unspecified atom stereocenters. The van der Waals surface area contributed by atoms with Crippen molar-refractivity contribution in [2.45, 2.75) is 32.7 Å². The molecule has 1 atom stereocenters. The lowest BCUT2D eigenvalue weighted by Crippen LogP contribution is -2.28. The molecule has 1 aromatic heterocycles. The number of amides is 2. The number of hydrogen-bond donors (Lipinski definition) is 2. The highest BCUT2D eigenvalue weighted by molar-refractivity contribution is 6.04. The minimum absolute atomic E-state index is 0.0545. The third kappa shape index (κ3) is 4.68. The zero-order valence-electron chi connectivity index (χ0n) is 16.1. The van der Waals surface area contributed by atoms with Crippen molar-refractivity contribution in [3.8, 4) is 0 Å². The Kier molecular flexibility index (Phi) is 6.27. The van der Waals surface area contributed by atoms with Crippen LogP contribution >= 0.6 is 0 Å². The summed E-state index contributed by atoms with van der Waals surface area (Å²) in [6, 6.07) is 18.4. The van der Waals surface area contributed by atoms with E-state index in [0.717, 1.165) is 24.0 Å². The number of carbonyl (C=O) groups excluding carboxylic acids is 2. The molecule has 1 heterocycles. The molecule has 0 aliphatic rings. The van der Waals surface area contributed by atoms with E-state index in [0.29, 0.717) is 11.3 Å². The maximum atomic E-state index is 12.8. The Morgan fingerprint density at radius 3 is 2.46 bits per heavy atom. The molecule has 2 amide bonds. The lowest BCUT2D eigenvalue weighted by Gasteiger charge is -2.19. The molecule has 0 saturated heterocycles. The van der Waals surface area contributed by atoms with Gasteiger partial charge in [0, 0.05) is 11.3 Å². The van der Waals surface area contributed by atoms with E-state index < -0.39 is 0 Å². The van der Waals surface area contributed by atoms with Gasteiger partial charge in [0.1, 0.15) is 0 Å². The predicted octanol–water partition coefficient (Wildman–Crippen LogP) is 5.11. The van der Waals surface area contributed by atoms with Crippen LogP contribution in [0.15, 0.2) is 71.3 Å². The number of rotatable bonds is 7. The first kappa shape index (κ1) is 19.4. The first-order valence-corrected chi connectivity index (χ1v) is 9.39. The number of anilines is 1. The van der Waals surface area contributed by atoms with Crippen molar-refractivity contribution in [1.29, 1.82) is 0 Å². The molecular formula is C23H24N2O3. The van der Waals surface area contributed by atoms with Gasteiger partial charge in [-0.05, 0) is 48.7 Å². The summed E-state index contributed by atoms with van der Waals surface area (Å²) < 4.78 is 5.12. The normalized spacial score (nSPS) is 11.6. The second-order valence-corrected chi connectivity index (χ2v) is 6.69. The van der Waals surface area contributed by atoms with Gasteiger partial charge in [-0.25, -0.2) is 0 Å². The molecular weight excluding hydrogens is 352 g/mol. The van der Waals surface area contributed by atoms with Crippen LogP contribution in [-0.4, -0.2) is 11.8 Å². The Morgan fingerprint density at radius 1 is 1.00 bits per heavy atom. The molecule has 5 heteroatoms. The summed E-state index contributed by atoms with van der Waals surface area (Å²) in [6.45, 7) is 3.97. The summed E-state index contributed by atoms with van der Waals surface area (Å²) >= 11 is 0. The Bertz CT molecular complexity index is 934. The maximum absolute atomic E-state index is 12.8. The minimum atomic E-state index is -0.348. The lowest BCUT2D eigenvalue weighted by molar-refractivity contribution is 0.0933. The third-order valence-corrected chi connectivity index (χ3v) is 4.58. The molecule has 0 aliphatic carbocycles. The molecule has 0 fully saturated rings. The zero-order chi connectivity index (χ0) is 19.9. The van der Waals surface area contributed by atoms with Crippen molar-refractivity contribution in [3.05, 3.63) is 89.4 Å². The highest BCUT2D eigenvalue weighted by Gasteiger charge is 2.17. The number of benzene rings is 2. The molecule has 28 heavy (non-hydrogen) atoms. The number of furan rings is 1. The fourth-order valence-corrected chi connectivity index (χ4v) is 3.03. The van der Waals surface area contributed by atoms with Crippen molar-refractivity contribution in [1.82, 2.24) is 5.32 Å². The molecule has 0 bridgehead atoms. The SMILES string of the molecule is CCCC(NC(=O)c1ccc(C)c(NC(=O)c2ccco2)c1)c1ccccc1. The van der Waals surface area contributed by atoms with Crippen molar-refractivity contribution in [2.24, 2.45) is 0 Å². The van der Waals surface area contributed by atoms with E-state index in [1.807, 2.05) is 43.3 Å². The summed E-state index contributed by atoms with van der Waals surface area (Å²) in [5.41, 5.74) is 3.03. The van der Waals surface area contributed by atoms with E-state index >= 15 is 0 Å². The monoisotopic (exact) mass is 376 g/mol. The van der Waals surface area contributed by atoms with Crippen LogP contribution in [0, 0.1) is 6.92 Å². The van der Waals surface area contributed by atoms with Gasteiger partial charge in [-0.1, -0.05) is 49.7 Å². The third-order valence-electron chi connectivity index (χ3n) is 4.58. The van der Waals surface area contributed by atoms with Gasteiger partial charge < -0.3 is 15.1 Å². The summed E-state index contributed by atoms with van der Waals surface area (Å²) in [4.78, 5) is 25.1. The van der Waals surface area contributed by atoms with Gasteiger partial charge in [-0.3, -0.25) is 9.59 Å². The largest absolute Gasteiger partial charge is 0.459 e. The molecule has 144 valence electrons. The second kappa shape index (κ2) is 9.04.